The zero-order chi connectivity index (χ0) is 47.3. The number of hydrogen-bond donors (Lipinski definition) is 7. The number of hydrazone groups is 1. The second-order valence-corrected chi connectivity index (χ2v) is 18.2. The lowest BCUT2D eigenvalue weighted by molar-refractivity contribution is -0.385. The van der Waals surface area contributed by atoms with E-state index >= 15 is 0 Å². The van der Waals surface area contributed by atoms with E-state index in [0.717, 1.165) is 60.7 Å². The normalized spacial score (nSPS) is 15.2. The van der Waals surface area contributed by atoms with Crippen molar-refractivity contribution in [3.05, 3.63) is 89.0 Å². The first-order chi connectivity index (χ1) is 29.7. The molecule has 8 N–H and O–H groups in total. The number of aromatic hydroxyl groups is 2. The van der Waals surface area contributed by atoms with Gasteiger partial charge in [-0.15, -0.1) is 20.5 Å². The first-order valence-electron chi connectivity index (χ1n) is 16.6. The third kappa shape index (κ3) is 9.41. The molecule has 1 aliphatic heterocycles. The Labute approximate surface area is 356 Å². The number of anilines is 1. The third-order valence-electron chi connectivity index (χ3n) is 8.45. The van der Waals surface area contributed by atoms with Gasteiger partial charge in [-0.3, -0.25) is 37.9 Å². The van der Waals surface area contributed by atoms with E-state index in [-0.39, 0.29) is 11.1 Å². The van der Waals surface area contributed by atoms with Gasteiger partial charge in [0, 0.05) is 12.1 Å². The summed E-state index contributed by atoms with van der Waals surface area (Å²) in [7, 11) is -20.4. The van der Waals surface area contributed by atoms with Crippen molar-refractivity contribution in [3.63, 3.8) is 0 Å². The fraction of sp³-hybridized carbons (Fsp3) is 0.0312. The zero-order valence-electron chi connectivity index (χ0n) is 30.9. The van der Waals surface area contributed by atoms with E-state index in [1.807, 2.05) is 0 Å². The number of primary amides is 1. The van der Waals surface area contributed by atoms with Crippen LogP contribution in [-0.2, 0) is 50.1 Å². The number of nitrogens with zero attached hydrogens (tertiary/aromatic N) is 9. The smallest absolute Gasteiger partial charge is 0.297 e. The highest BCUT2D eigenvalue weighted by atomic mass is 32.2. The molecule has 0 aliphatic carbocycles. The molecular formula is C32H22N10O18S4. The van der Waals surface area contributed by atoms with Crippen LogP contribution in [0.2, 0.25) is 0 Å². The minimum absolute atomic E-state index is 0.107. The lowest BCUT2D eigenvalue weighted by atomic mass is 10.1. The molecular weight excluding hydrogens is 941 g/mol. The van der Waals surface area contributed by atoms with E-state index in [1.165, 1.54) is 0 Å². The zero-order valence-corrected chi connectivity index (χ0v) is 34.2. The van der Waals surface area contributed by atoms with Crippen LogP contribution >= 0.6 is 0 Å². The van der Waals surface area contributed by atoms with Gasteiger partial charge in [-0.25, -0.2) is 0 Å². The largest absolute Gasteiger partial charge is 0.505 e. The predicted molar refractivity (Wildman–Crippen MR) is 213 cm³/mol. The van der Waals surface area contributed by atoms with Crippen molar-refractivity contribution in [2.75, 3.05) is 5.01 Å². The molecule has 32 heteroatoms. The Kier molecular flexibility index (Phi) is 11.9. The van der Waals surface area contributed by atoms with Gasteiger partial charge in [0.2, 0.25) is 6.04 Å². The summed E-state index contributed by atoms with van der Waals surface area (Å²) < 4.78 is 135. The molecule has 1 unspecified atom stereocenters. The SMILES string of the molecule is NC(=O)C1=NN(c2ccc(S(=O)(=O)O)cc2)C(=O)C1/N=N/c1ccc(/N=N/c2c(S(=O)(=O)O)cc3ccc(/N=N/c4ccc([N+](=O)[O-])cc4S(=O)(=O)O)c(O)c3c2O)c(S(=O)(=O)O)c1. The highest BCUT2D eigenvalue weighted by Gasteiger charge is 2.40. The summed E-state index contributed by atoms with van der Waals surface area (Å²) in [4.78, 5) is 31.6. The molecule has 0 saturated heterocycles. The number of phenolic OH excluding ortho intramolecular Hbond substituents is 2. The average molecular weight is 963 g/mol. The summed E-state index contributed by atoms with van der Waals surface area (Å²) in [6, 6.07) is 9.25. The van der Waals surface area contributed by atoms with E-state index in [0.29, 0.717) is 23.2 Å². The van der Waals surface area contributed by atoms with Gasteiger partial charge in [-0.05, 0) is 66.0 Å². The predicted octanol–water partition coefficient (Wildman–Crippen LogP) is 4.32. The molecule has 1 aliphatic rings. The Hall–Kier alpha value is -7.59. The highest BCUT2D eigenvalue weighted by molar-refractivity contribution is 7.86. The number of nitro benzene ring substituents is 1. The Morgan fingerprint density at radius 3 is 1.78 bits per heavy atom. The summed E-state index contributed by atoms with van der Waals surface area (Å²) in [5.74, 6) is -4.55. The van der Waals surface area contributed by atoms with Crippen LogP contribution in [0.25, 0.3) is 10.8 Å². The van der Waals surface area contributed by atoms with Gasteiger partial charge in [0.15, 0.2) is 17.2 Å². The Morgan fingerprint density at radius 1 is 0.672 bits per heavy atom. The molecule has 2 amide bonds. The number of rotatable bonds is 13. The van der Waals surface area contributed by atoms with Crippen molar-refractivity contribution in [1.82, 2.24) is 0 Å². The summed E-state index contributed by atoms with van der Waals surface area (Å²) in [5, 5.41) is 58.7. The first kappa shape index (κ1) is 45.9. The van der Waals surface area contributed by atoms with Crippen LogP contribution in [0.15, 0.2) is 134 Å². The van der Waals surface area contributed by atoms with E-state index in [1.54, 1.807) is 0 Å². The molecule has 1 heterocycles. The van der Waals surface area contributed by atoms with Gasteiger partial charge in [-0.2, -0.15) is 54.0 Å². The van der Waals surface area contributed by atoms with Gasteiger partial charge in [0.05, 0.1) is 26.6 Å². The molecule has 6 rings (SSSR count). The fourth-order valence-electron chi connectivity index (χ4n) is 5.56. The van der Waals surface area contributed by atoms with E-state index in [9.17, 15) is 81.8 Å². The molecule has 0 fully saturated rings. The van der Waals surface area contributed by atoms with Crippen molar-refractivity contribution < 1.29 is 76.6 Å². The topological polar surface area (TPSA) is 451 Å². The molecule has 0 bridgehead atoms. The molecule has 1 atom stereocenters. The number of azo groups is 3. The molecule has 28 nitrogen and oxygen atoms in total. The molecule has 64 heavy (non-hydrogen) atoms. The molecule has 0 spiro atoms. The maximum absolute atomic E-state index is 13.2. The number of carbonyl (C=O) groups is 2. The number of hydrogen-bond acceptors (Lipinski definition) is 21. The summed E-state index contributed by atoms with van der Waals surface area (Å²) in [5.41, 5.74) is 0.226. The van der Waals surface area contributed by atoms with Gasteiger partial charge in [0.1, 0.15) is 37.4 Å². The first-order valence-corrected chi connectivity index (χ1v) is 22.3. The minimum Gasteiger partial charge on any atom is -0.505 e. The van der Waals surface area contributed by atoms with Crippen molar-refractivity contribution in [2.45, 2.75) is 25.6 Å². The Morgan fingerprint density at radius 2 is 1.22 bits per heavy atom. The van der Waals surface area contributed by atoms with Crippen LogP contribution in [0.3, 0.4) is 0 Å². The van der Waals surface area contributed by atoms with Crippen LogP contribution in [0.4, 0.5) is 39.8 Å². The van der Waals surface area contributed by atoms with E-state index < -0.39 is 140 Å². The average Bonchev–Trinajstić information content (AvgIpc) is 3.53. The second kappa shape index (κ2) is 16.6. The van der Waals surface area contributed by atoms with Crippen LogP contribution < -0.4 is 10.7 Å². The molecule has 5 aromatic carbocycles. The summed E-state index contributed by atoms with van der Waals surface area (Å²) >= 11 is 0. The number of nitro groups is 1. The van der Waals surface area contributed by atoms with Crippen molar-refractivity contribution in [2.24, 2.45) is 41.5 Å². The molecule has 0 aromatic heterocycles. The summed E-state index contributed by atoms with van der Waals surface area (Å²) in [6.07, 6.45) is 0. The second-order valence-electron chi connectivity index (χ2n) is 12.6. The summed E-state index contributed by atoms with van der Waals surface area (Å²) in [6.45, 7) is 0. The quantitative estimate of drug-likeness (QED) is 0.0374. The van der Waals surface area contributed by atoms with Crippen molar-refractivity contribution in [3.8, 4) is 11.5 Å². The third-order valence-corrected chi connectivity index (χ3v) is 12.0. The van der Waals surface area contributed by atoms with Crippen LogP contribution in [0, 0.1) is 10.1 Å². The Balaban J connectivity index is 1.37. The fourth-order valence-corrected chi connectivity index (χ4v) is 7.98. The van der Waals surface area contributed by atoms with Gasteiger partial charge in [0.25, 0.3) is 58.0 Å². The van der Waals surface area contributed by atoms with E-state index in [2.05, 4.69) is 35.8 Å². The van der Waals surface area contributed by atoms with E-state index in [4.69, 9.17) is 5.73 Å². The van der Waals surface area contributed by atoms with Crippen LogP contribution in [0.5, 0.6) is 11.5 Å². The van der Waals surface area contributed by atoms with Crippen LogP contribution in [-0.4, -0.2) is 90.6 Å². The van der Waals surface area contributed by atoms with Gasteiger partial charge < -0.3 is 15.9 Å². The standard InChI is InChI=1S/C32H22N10O18S4/c33-31(45)27-28(32(46)41(40-27)16-3-6-18(7-4-16)61(49,50)51)39-34-15-2-9-19(22(12-15)62(52,53)54)36-38-26-24(64(58,59)60)11-14-1-8-21(29(43)25(14)30(26)44)37-35-20-10-5-17(42(47)48)13-23(20)63(55,56)57/h1-13,28,43-44H,(H2,33,45)(H,49,50,51)(H,52,53,54)(H,55,56,57)(H,58,59,60)/b37-35+,38-36+,39-34+. The molecule has 0 saturated carbocycles. The number of nitrogens with two attached hydrogens (primary N) is 1. The number of phenols is 2. The number of carbonyl (C=O) groups excluding carboxylic acids is 2. The Bertz CT molecular complexity index is 3450. The van der Waals surface area contributed by atoms with Crippen molar-refractivity contribution >= 4 is 109 Å². The monoisotopic (exact) mass is 962 g/mol. The van der Waals surface area contributed by atoms with Gasteiger partial charge in [-0.1, -0.05) is 6.07 Å². The molecule has 5 aromatic rings. The van der Waals surface area contributed by atoms with Gasteiger partial charge >= 0.3 is 0 Å². The molecule has 332 valence electrons. The number of benzene rings is 5. The number of fused-ring (bicyclic) bond motifs is 1. The minimum atomic E-state index is -5.32. The van der Waals surface area contributed by atoms with Crippen molar-refractivity contribution in [1.29, 1.82) is 0 Å². The lowest BCUT2D eigenvalue weighted by Crippen LogP contribution is -2.35. The maximum Gasteiger partial charge on any atom is 0.297 e. The number of non-ortho nitro benzene ring substituents is 1. The molecule has 0 radical (unpaired) electrons. The van der Waals surface area contributed by atoms with Crippen LogP contribution in [0.1, 0.15) is 0 Å². The number of amides is 2. The maximum atomic E-state index is 13.2. The highest BCUT2D eigenvalue weighted by Crippen LogP contribution is 2.48. The lowest BCUT2D eigenvalue weighted by Gasteiger charge is -2.12.